The number of nitrogens with two attached hydrogens (primary N) is 1. The number of amides is 3. The summed E-state index contributed by atoms with van der Waals surface area (Å²) < 4.78 is 0. The second kappa shape index (κ2) is 7.59. The molecule has 0 atom stereocenters. The molecule has 2 heterocycles. The third-order valence-electron chi connectivity index (χ3n) is 5.03. The van der Waals surface area contributed by atoms with E-state index in [4.69, 9.17) is 5.73 Å². The van der Waals surface area contributed by atoms with Gasteiger partial charge in [0.05, 0.1) is 0 Å². The van der Waals surface area contributed by atoms with Crippen molar-refractivity contribution in [3.8, 4) is 0 Å². The predicted molar refractivity (Wildman–Crippen MR) is 99.4 cm³/mol. The van der Waals surface area contributed by atoms with Gasteiger partial charge in [-0.2, -0.15) is 0 Å². The molecule has 3 amide bonds. The van der Waals surface area contributed by atoms with Gasteiger partial charge < -0.3 is 20.9 Å². The summed E-state index contributed by atoms with van der Waals surface area (Å²) in [6.07, 6.45) is 7.20. The third-order valence-corrected chi connectivity index (χ3v) is 5.03. The van der Waals surface area contributed by atoms with Gasteiger partial charge in [0.2, 0.25) is 5.91 Å². The number of hydrogen-bond donors (Lipinski definition) is 2. The number of carbonyl (C=O) groups excluding carboxylic acids is 2. The quantitative estimate of drug-likeness (QED) is 0.821. The standard InChI is InChI=1S/C19H26N4O2/c1-22-10-2-3-15-13-14(4-6-17(15)22)5-7-18(24)21-16-8-11-23(12-9-16)19(20)25/h4-7,13,16H,2-3,8-12H2,1H3,(H2,20,25)(H,21,24)/b7-5-. The number of benzene rings is 1. The van der Waals surface area contributed by atoms with Crippen LogP contribution < -0.4 is 16.0 Å². The molecule has 0 aromatic heterocycles. The van der Waals surface area contributed by atoms with Crippen LogP contribution in [0.4, 0.5) is 10.5 Å². The second-order valence-electron chi connectivity index (χ2n) is 6.85. The van der Waals surface area contributed by atoms with Crippen molar-refractivity contribution in [2.45, 2.75) is 31.7 Å². The maximum atomic E-state index is 12.1. The zero-order valence-electron chi connectivity index (χ0n) is 14.7. The molecule has 6 nitrogen and oxygen atoms in total. The summed E-state index contributed by atoms with van der Waals surface area (Å²) in [4.78, 5) is 27.1. The Labute approximate surface area is 148 Å². The topological polar surface area (TPSA) is 78.7 Å². The number of piperidine rings is 1. The Bertz CT molecular complexity index is 678. The molecule has 0 bridgehead atoms. The fraction of sp³-hybridized carbons (Fsp3) is 0.474. The Morgan fingerprint density at radius 3 is 2.72 bits per heavy atom. The van der Waals surface area contributed by atoms with Crippen molar-refractivity contribution in [3.63, 3.8) is 0 Å². The SMILES string of the molecule is CN1CCCc2cc(/C=C\C(=O)NC3CCN(C(N)=O)CC3)ccc21. The minimum Gasteiger partial charge on any atom is -0.374 e. The Morgan fingerprint density at radius 1 is 1.24 bits per heavy atom. The normalized spacial score (nSPS) is 18.3. The lowest BCUT2D eigenvalue weighted by molar-refractivity contribution is -0.117. The molecule has 6 heteroatoms. The number of nitrogens with zero attached hydrogens (tertiary/aromatic N) is 2. The van der Waals surface area contributed by atoms with Gasteiger partial charge in [-0.25, -0.2) is 4.79 Å². The molecule has 0 unspecified atom stereocenters. The zero-order valence-corrected chi connectivity index (χ0v) is 14.7. The molecule has 0 spiro atoms. The average molecular weight is 342 g/mol. The zero-order chi connectivity index (χ0) is 17.8. The molecule has 1 aromatic carbocycles. The highest BCUT2D eigenvalue weighted by atomic mass is 16.2. The van der Waals surface area contributed by atoms with E-state index in [-0.39, 0.29) is 18.0 Å². The van der Waals surface area contributed by atoms with Gasteiger partial charge in [-0.05, 0) is 55.0 Å². The lowest BCUT2D eigenvalue weighted by Gasteiger charge is -2.30. The average Bonchev–Trinajstić information content (AvgIpc) is 2.60. The summed E-state index contributed by atoms with van der Waals surface area (Å²) >= 11 is 0. The summed E-state index contributed by atoms with van der Waals surface area (Å²) in [5.41, 5.74) is 8.95. The molecule has 0 saturated carbocycles. The Hall–Kier alpha value is -2.50. The van der Waals surface area contributed by atoms with Crippen molar-refractivity contribution < 1.29 is 9.59 Å². The van der Waals surface area contributed by atoms with Crippen molar-refractivity contribution in [2.24, 2.45) is 5.73 Å². The van der Waals surface area contributed by atoms with Gasteiger partial charge in [-0.3, -0.25) is 4.79 Å². The van der Waals surface area contributed by atoms with Crippen molar-refractivity contribution >= 4 is 23.7 Å². The molecule has 1 saturated heterocycles. The lowest BCUT2D eigenvalue weighted by Crippen LogP contribution is -2.47. The van der Waals surface area contributed by atoms with E-state index in [1.807, 2.05) is 6.08 Å². The van der Waals surface area contributed by atoms with Crippen LogP contribution in [0, 0.1) is 0 Å². The van der Waals surface area contributed by atoms with E-state index in [9.17, 15) is 9.59 Å². The van der Waals surface area contributed by atoms with Crippen LogP contribution in [-0.2, 0) is 11.2 Å². The molecular formula is C19H26N4O2. The summed E-state index contributed by atoms with van der Waals surface area (Å²) in [6.45, 7) is 2.30. The number of nitrogens with one attached hydrogen (secondary N) is 1. The monoisotopic (exact) mass is 342 g/mol. The first-order valence-electron chi connectivity index (χ1n) is 8.90. The molecule has 0 radical (unpaired) electrons. The molecule has 3 N–H and O–H groups in total. The van der Waals surface area contributed by atoms with E-state index in [2.05, 4.69) is 35.5 Å². The van der Waals surface area contributed by atoms with Crippen LogP contribution in [-0.4, -0.2) is 49.6 Å². The van der Waals surface area contributed by atoms with Gasteiger partial charge >= 0.3 is 6.03 Å². The molecule has 1 aromatic rings. The number of carbonyl (C=O) groups is 2. The smallest absolute Gasteiger partial charge is 0.314 e. The highest BCUT2D eigenvalue weighted by Crippen LogP contribution is 2.27. The lowest BCUT2D eigenvalue weighted by atomic mass is 9.99. The first-order chi connectivity index (χ1) is 12.0. The summed E-state index contributed by atoms with van der Waals surface area (Å²) in [6, 6.07) is 6.06. The van der Waals surface area contributed by atoms with Crippen LogP contribution in [0.2, 0.25) is 0 Å². The van der Waals surface area contributed by atoms with E-state index >= 15 is 0 Å². The summed E-state index contributed by atoms with van der Waals surface area (Å²) in [5, 5.41) is 3.01. The van der Waals surface area contributed by atoms with E-state index in [1.54, 1.807) is 11.0 Å². The van der Waals surface area contributed by atoms with Gasteiger partial charge in [0.1, 0.15) is 0 Å². The van der Waals surface area contributed by atoms with Crippen LogP contribution in [0.5, 0.6) is 0 Å². The Balaban J connectivity index is 1.54. The number of anilines is 1. The first-order valence-corrected chi connectivity index (χ1v) is 8.90. The highest BCUT2D eigenvalue weighted by Gasteiger charge is 2.21. The van der Waals surface area contributed by atoms with Gasteiger partial charge in [0.25, 0.3) is 0 Å². The van der Waals surface area contributed by atoms with E-state index in [0.29, 0.717) is 13.1 Å². The third kappa shape index (κ3) is 4.32. The Morgan fingerprint density at radius 2 is 2.00 bits per heavy atom. The maximum Gasteiger partial charge on any atom is 0.314 e. The number of primary amides is 1. The molecule has 25 heavy (non-hydrogen) atoms. The van der Waals surface area contributed by atoms with Crippen LogP contribution >= 0.6 is 0 Å². The summed E-state index contributed by atoms with van der Waals surface area (Å²) in [5.74, 6) is -0.0904. The van der Waals surface area contributed by atoms with Crippen molar-refractivity contribution in [3.05, 3.63) is 35.4 Å². The molecule has 134 valence electrons. The number of fused-ring (bicyclic) bond motifs is 1. The van der Waals surface area contributed by atoms with Crippen molar-refractivity contribution in [2.75, 3.05) is 31.6 Å². The van der Waals surface area contributed by atoms with Gasteiger partial charge in [0.15, 0.2) is 0 Å². The minimum absolute atomic E-state index is 0.0904. The fourth-order valence-corrected chi connectivity index (χ4v) is 3.57. The number of aryl methyl sites for hydroxylation is 1. The van der Waals surface area contributed by atoms with Crippen molar-refractivity contribution in [1.82, 2.24) is 10.2 Å². The second-order valence-corrected chi connectivity index (χ2v) is 6.85. The summed E-state index contributed by atoms with van der Waals surface area (Å²) in [7, 11) is 2.12. The maximum absolute atomic E-state index is 12.1. The van der Waals surface area contributed by atoms with Gasteiger partial charge in [-0.1, -0.05) is 6.07 Å². The Kier molecular flexibility index (Phi) is 5.26. The van der Waals surface area contributed by atoms with Crippen LogP contribution in [0.15, 0.2) is 24.3 Å². The predicted octanol–water partition coefficient (Wildman–Crippen LogP) is 1.74. The number of hydrogen-bond acceptors (Lipinski definition) is 3. The van der Waals surface area contributed by atoms with Crippen molar-refractivity contribution in [1.29, 1.82) is 0 Å². The molecule has 2 aliphatic rings. The number of rotatable bonds is 3. The first kappa shape index (κ1) is 17.3. The van der Waals surface area contributed by atoms with E-state index in [1.165, 1.54) is 17.7 Å². The van der Waals surface area contributed by atoms with Crippen LogP contribution in [0.25, 0.3) is 6.08 Å². The van der Waals surface area contributed by atoms with E-state index in [0.717, 1.165) is 31.4 Å². The van der Waals surface area contributed by atoms with Gasteiger partial charge in [-0.15, -0.1) is 0 Å². The van der Waals surface area contributed by atoms with Crippen LogP contribution in [0.1, 0.15) is 30.4 Å². The molecule has 2 aliphatic heterocycles. The highest BCUT2D eigenvalue weighted by molar-refractivity contribution is 5.92. The number of urea groups is 1. The minimum atomic E-state index is -0.386. The van der Waals surface area contributed by atoms with Crippen LogP contribution in [0.3, 0.4) is 0 Å². The molecule has 1 fully saturated rings. The molecule has 0 aliphatic carbocycles. The van der Waals surface area contributed by atoms with Gasteiger partial charge in [0, 0.05) is 44.5 Å². The largest absolute Gasteiger partial charge is 0.374 e. The molecule has 3 rings (SSSR count). The molecular weight excluding hydrogens is 316 g/mol. The van der Waals surface area contributed by atoms with E-state index < -0.39 is 0 Å². The fourth-order valence-electron chi connectivity index (χ4n) is 3.57. The number of likely N-dealkylation sites (tertiary alicyclic amines) is 1.